The predicted octanol–water partition coefficient (Wildman–Crippen LogP) is 2.36. The summed E-state index contributed by atoms with van der Waals surface area (Å²) < 4.78 is 5.38. The quantitative estimate of drug-likeness (QED) is 0.829. The largest absolute Gasteiger partial charge is 0.444 e. The first-order chi connectivity index (χ1) is 8.95. The van der Waals surface area contributed by atoms with Gasteiger partial charge in [0.25, 0.3) is 5.91 Å². The monoisotopic (exact) mass is 259 g/mol. The van der Waals surface area contributed by atoms with Crippen LogP contribution in [0.1, 0.15) is 40.5 Å². The Hall–Kier alpha value is -2.30. The van der Waals surface area contributed by atoms with Crippen LogP contribution < -0.4 is 11.1 Å². The number of nitrogens with one attached hydrogen (secondary N) is 1. The number of aryl methyl sites for hydroxylation is 2. The SMILES string of the molecule is Cc1cc(N)cc(C(=O)NC(C)c2ncc(C)o2)c1. The van der Waals surface area contributed by atoms with E-state index in [1.54, 1.807) is 18.3 Å². The summed E-state index contributed by atoms with van der Waals surface area (Å²) in [5.41, 5.74) is 7.79. The van der Waals surface area contributed by atoms with Crippen molar-refractivity contribution in [1.82, 2.24) is 10.3 Å². The summed E-state index contributed by atoms with van der Waals surface area (Å²) in [5, 5.41) is 2.83. The third-order valence-corrected chi connectivity index (χ3v) is 2.72. The van der Waals surface area contributed by atoms with Crippen molar-refractivity contribution in [2.24, 2.45) is 0 Å². The topological polar surface area (TPSA) is 81.2 Å². The molecule has 1 aromatic carbocycles. The van der Waals surface area contributed by atoms with Gasteiger partial charge in [-0.2, -0.15) is 0 Å². The lowest BCUT2D eigenvalue weighted by Gasteiger charge is -2.11. The van der Waals surface area contributed by atoms with Gasteiger partial charge in [0, 0.05) is 11.3 Å². The van der Waals surface area contributed by atoms with E-state index in [2.05, 4.69) is 10.3 Å². The average Bonchev–Trinajstić information content (AvgIpc) is 2.74. The molecule has 0 aliphatic rings. The van der Waals surface area contributed by atoms with Crippen LogP contribution in [-0.4, -0.2) is 10.9 Å². The molecule has 19 heavy (non-hydrogen) atoms. The number of carbonyl (C=O) groups excluding carboxylic acids is 1. The van der Waals surface area contributed by atoms with E-state index in [4.69, 9.17) is 10.2 Å². The summed E-state index contributed by atoms with van der Waals surface area (Å²) in [7, 11) is 0. The molecule has 1 atom stereocenters. The number of anilines is 1. The van der Waals surface area contributed by atoms with Crippen LogP contribution in [0.25, 0.3) is 0 Å². The van der Waals surface area contributed by atoms with Gasteiger partial charge in [-0.1, -0.05) is 0 Å². The maximum Gasteiger partial charge on any atom is 0.252 e. The molecule has 0 aliphatic heterocycles. The van der Waals surface area contributed by atoms with E-state index in [1.165, 1.54) is 0 Å². The van der Waals surface area contributed by atoms with Gasteiger partial charge in [0.05, 0.1) is 6.20 Å². The standard InChI is InChI=1S/C14H17N3O2/c1-8-4-11(6-12(15)5-8)13(18)17-10(3)14-16-7-9(2)19-14/h4-7,10H,15H2,1-3H3,(H,17,18). The van der Waals surface area contributed by atoms with Crippen molar-refractivity contribution in [1.29, 1.82) is 0 Å². The number of oxazole rings is 1. The number of nitrogen functional groups attached to an aromatic ring is 1. The summed E-state index contributed by atoms with van der Waals surface area (Å²) >= 11 is 0. The first kappa shape index (κ1) is 13.1. The molecule has 1 amide bonds. The first-order valence-electron chi connectivity index (χ1n) is 6.06. The molecule has 100 valence electrons. The number of aromatic nitrogens is 1. The third kappa shape index (κ3) is 3.13. The van der Waals surface area contributed by atoms with E-state index in [1.807, 2.05) is 26.8 Å². The summed E-state index contributed by atoms with van der Waals surface area (Å²) in [4.78, 5) is 16.2. The highest BCUT2D eigenvalue weighted by Gasteiger charge is 2.15. The molecule has 1 heterocycles. The van der Waals surface area contributed by atoms with Gasteiger partial charge < -0.3 is 15.5 Å². The van der Waals surface area contributed by atoms with Crippen LogP contribution in [-0.2, 0) is 0 Å². The number of carbonyl (C=O) groups is 1. The Morgan fingerprint density at radius 3 is 2.68 bits per heavy atom. The zero-order valence-corrected chi connectivity index (χ0v) is 11.2. The molecule has 1 aromatic heterocycles. The van der Waals surface area contributed by atoms with Crippen LogP contribution in [0.2, 0.25) is 0 Å². The fourth-order valence-corrected chi connectivity index (χ4v) is 1.86. The Labute approximate surface area is 111 Å². The molecule has 0 radical (unpaired) electrons. The van der Waals surface area contributed by atoms with Crippen LogP contribution in [0.15, 0.2) is 28.8 Å². The number of benzene rings is 1. The number of nitrogens with zero attached hydrogens (tertiary/aromatic N) is 1. The lowest BCUT2D eigenvalue weighted by atomic mass is 10.1. The summed E-state index contributed by atoms with van der Waals surface area (Å²) in [6.07, 6.45) is 1.63. The number of nitrogens with two attached hydrogens (primary N) is 1. The summed E-state index contributed by atoms with van der Waals surface area (Å²) in [6.45, 7) is 5.53. The molecule has 5 nitrogen and oxygen atoms in total. The van der Waals surface area contributed by atoms with Crippen LogP contribution >= 0.6 is 0 Å². The van der Waals surface area contributed by atoms with Crippen molar-refractivity contribution in [2.75, 3.05) is 5.73 Å². The molecule has 2 rings (SSSR count). The number of hydrogen-bond donors (Lipinski definition) is 2. The minimum Gasteiger partial charge on any atom is -0.444 e. The predicted molar refractivity (Wildman–Crippen MR) is 72.7 cm³/mol. The molecule has 0 saturated carbocycles. The second-order valence-electron chi connectivity index (χ2n) is 4.64. The molecule has 2 aromatic rings. The van der Waals surface area contributed by atoms with E-state index in [9.17, 15) is 4.79 Å². The molecule has 0 saturated heterocycles. The highest BCUT2D eigenvalue weighted by molar-refractivity contribution is 5.95. The fourth-order valence-electron chi connectivity index (χ4n) is 1.86. The van der Waals surface area contributed by atoms with Gasteiger partial charge >= 0.3 is 0 Å². The second-order valence-corrected chi connectivity index (χ2v) is 4.64. The minimum atomic E-state index is -0.289. The molecule has 5 heteroatoms. The van der Waals surface area contributed by atoms with Crippen molar-refractivity contribution < 1.29 is 9.21 Å². The second kappa shape index (κ2) is 5.14. The van der Waals surface area contributed by atoms with Gasteiger partial charge in [0.1, 0.15) is 11.8 Å². The van der Waals surface area contributed by atoms with Gasteiger partial charge in [-0.25, -0.2) is 4.98 Å². The van der Waals surface area contributed by atoms with Crippen LogP contribution in [0.3, 0.4) is 0 Å². The van der Waals surface area contributed by atoms with Crippen LogP contribution in [0.5, 0.6) is 0 Å². The Balaban J connectivity index is 2.12. The van der Waals surface area contributed by atoms with Crippen molar-refractivity contribution in [2.45, 2.75) is 26.8 Å². The van der Waals surface area contributed by atoms with Crippen molar-refractivity contribution in [3.05, 3.63) is 47.2 Å². The molecule has 1 unspecified atom stereocenters. The zero-order valence-electron chi connectivity index (χ0n) is 11.2. The Bertz CT molecular complexity index is 584. The highest BCUT2D eigenvalue weighted by Crippen LogP contribution is 2.15. The van der Waals surface area contributed by atoms with Crippen molar-refractivity contribution in [3.63, 3.8) is 0 Å². The van der Waals surface area contributed by atoms with Crippen molar-refractivity contribution in [3.8, 4) is 0 Å². The Morgan fingerprint density at radius 2 is 2.11 bits per heavy atom. The van der Waals surface area contributed by atoms with E-state index in [0.717, 1.165) is 11.3 Å². The van der Waals surface area contributed by atoms with E-state index < -0.39 is 0 Å². The van der Waals surface area contributed by atoms with E-state index >= 15 is 0 Å². The number of amides is 1. The molecule has 3 N–H and O–H groups in total. The summed E-state index contributed by atoms with van der Waals surface area (Å²) in [6, 6.07) is 4.97. The molecule has 0 aliphatic carbocycles. The van der Waals surface area contributed by atoms with Crippen molar-refractivity contribution >= 4 is 11.6 Å². The lowest BCUT2D eigenvalue weighted by Crippen LogP contribution is -2.27. The average molecular weight is 259 g/mol. The van der Waals surface area contributed by atoms with Gasteiger partial charge in [0.2, 0.25) is 5.89 Å². The van der Waals surface area contributed by atoms with Gasteiger partial charge in [-0.15, -0.1) is 0 Å². The normalized spacial score (nSPS) is 12.2. The Morgan fingerprint density at radius 1 is 1.37 bits per heavy atom. The van der Waals surface area contributed by atoms with E-state index in [0.29, 0.717) is 17.1 Å². The van der Waals surface area contributed by atoms with Crippen LogP contribution in [0.4, 0.5) is 5.69 Å². The Kier molecular flexibility index (Phi) is 3.55. The van der Waals surface area contributed by atoms with E-state index in [-0.39, 0.29) is 11.9 Å². The summed E-state index contributed by atoms with van der Waals surface area (Å²) in [5.74, 6) is 1.01. The van der Waals surface area contributed by atoms with Gasteiger partial charge in [-0.3, -0.25) is 4.79 Å². The number of hydrogen-bond acceptors (Lipinski definition) is 4. The maximum atomic E-state index is 12.1. The fraction of sp³-hybridized carbons (Fsp3) is 0.286. The van der Waals surface area contributed by atoms with Crippen LogP contribution in [0, 0.1) is 13.8 Å². The first-order valence-corrected chi connectivity index (χ1v) is 6.06. The molecule has 0 bridgehead atoms. The highest BCUT2D eigenvalue weighted by atomic mass is 16.4. The smallest absolute Gasteiger partial charge is 0.252 e. The maximum absolute atomic E-state index is 12.1. The van der Waals surface area contributed by atoms with Gasteiger partial charge in [0.15, 0.2) is 0 Å². The lowest BCUT2D eigenvalue weighted by molar-refractivity contribution is 0.0934. The molecular weight excluding hydrogens is 242 g/mol. The molecular formula is C14H17N3O2. The molecule has 0 spiro atoms. The molecule has 0 fully saturated rings. The number of rotatable bonds is 3. The third-order valence-electron chi connectivity index (χ3n) is 2.72. The van der Waals surface area contributed by atoms with Gasteiger partial charge in [-0.05, 0) is 44.5 Å². The zero-order chi connectivity index (χ0) is 14.0. The minimum absolute atomic E-state index is 0.196.